The van der Waals surface area contributed by atoms with E-state index in [4.69, 9.17) is 5.73 Å². The summed E-state index contributed by atoms with van der Waals surface area (Å²) in [5.41, 5.74) is 6.63. The first-order chi connectivity index (χ1) is 15.0. The highest BCUT2D eigenvalue weighted by Crippen LogP contribution is 2.11. The van der Waals surface area contributed by atoms with Gasteiger partial charge in [-0.25, -0.2) is 4.79 Å². The number of amides is 3. The molecule has 0 heterocycles. The van der Waals surface area contributed by atoms with E-state index in [1.54, 1.807) is 32.9 Å². The van der Waals surface area contributed by atoms with Crippen molar-refractivity contribution in [1.29, 1.82) is 0 Å². The van der Waals surface area contributed by atoms with E-state index in [1.165, 1.54) is 12.1 Å². The monoisotopic (exact) mass is 450 g/mol. The van der Waals surface area contributed by atoms with Gasteiger partial charge in [0.15, 0.2) is 0 Å². The molecule has 7 N–H and O–H groups in total. The van der Waals surface area contributed by atoms with E-state index in [2.05, 4.69) is 16.0 Å². The van der Waals surface area contributed by atoms with Crippen molar-refractivity contribution in [2.45, 2.75) is 58.7 Å². The van der Waals surface area contributed by atoms with E-state index < -0.39 is 41.8 Å². The molecule has 0 aliphatic heterocycles. The third kappa shape index (κ3) is 8.54. The smallest absolute Gasteiger partial charge is 0.326 e. The topological polar surface area (TPSA) is 171 Å². The molecule has 0 radical (unpaired) electrons. The summed E-state index contributed by atoms with van der Waals surface area (Å²) < 4.78 is 0. The van der Waals surface area contributed by atoms with Gasteiger partial charge in [-0.2, -0.15) is 0 Å². The van der Waals surface area contributed by atoms with Crippen molar-refractivity contribution in [2.75, 3.05) is 6.54 Å². The van der Waals surface area contributed by atoms with E-state index in [0.717, 1.165) is 5.56 Å². The number of aliphatic carboxylic acids is 1. The fourth-order valence-electron chi connectivity index (χ4n) is 2.96. The first kappa shape index (κ1) is 26.9. The fourth-order valence-corrected chi connectivity index (χ4v) is 2.96. The molecule has 0 aromatic heterocycles. The fraction of sp³-hybridized carbons (Fsp3) is 0.545. The first-order valence-corrected chi connectivity index (χ1v) is 10.6. The van der Waals surface area contributed by atoms with Gasteiger partial charge in [0.05, 0.1) is 12.6 Å². The molecule has 3 amide bonds. The molecule has 0 fully saturated rings. The Morgan fingerprint density at radius 3 is 2.06 bits per heavy atom. The molecule has 0 bridgehead atoms. The molecular weight excluding hydrogens is 416 g/mol. The van der Waals surface area contributed by atoms with Crippen molar-refractivity contribution in [2.24, 2.45) is 17.6 Å². The number of aromatic hydroxyl groups is 1. The molecule has 4 atom stereocenters. The highest BCUT2D eigenvalue weighted by Gasteiger charge is 2.31. The van der Waals surface area contributed by atoms with Gasteiger partial charge in [0.1, 0.15) is 17.8 Å². The lowest BCUT2D eigenvalue weighted by molar-refractivity contribution is -0.143. The predicted octanol–water partition coefficient (Wildman–Crippen LogP) is 0.135. The van der Waals surface area contributed by atoms with Crippen LogP contribution in [0, 0.1) is 11.8 Å². The summed E-state index contributed by atoms with van der Waals surface area (Å²) in [6, 6.07) is 3.34. The lowest BCUT2D eigenvalue weighted by Crippen LogP contribution is -2.56. The zero-order valence-corrected chi connectivity index (χ0v) is 18.9. The number of phenolic OH excluding ortho intramolecular Hbond substituents is 1. The number of carboxylic acids is 1. The Labute approximate surface area is 187 Å². The molecule has 1 aromatic carbocycles. The number of hydrogen-bond acceptors (Lipinski definition) is 6. The average molecular weight is 451 g/mol. The molecule has 0 spiro atoms. The maximum Gasteiger partial charge on any atom is 0.326 e. The van der Waals surface area contributed by atoms with Crippen LogP contribution < -0.4 is 21.7 Å². The van der Waals surface area contributed by atoms with Gasteiger partial charge in [-0.05, 0) is 36.0 Å². The SMILES string of the molecule is CCC(C)C(NC(=O)CNC(=O)C(N)Cc1ccc(O)cc1)C(=O)NC(C(=O)O)C(C)C. The summed E-state index contributed by atoms with van der Waals surface area (Å²) in [6.07, 6.45) is 0.791. The van der Waals surface area contributed by atoms with Crippen LogP contribution in [0.15, 0.2) is 24.3 Å². The third-order valence-corrected chi connectivity index (χ3v) is 5.19. The van der Waals surface area contributed by atoms with Crippen LogP contribution in [-0.2, 0) is 25.6 Å². The minimum absolute atomic E-state index is 0.103. The molecule has 0 aliphatic carbocycles. The highest BCUT2D eigenvalue weighted by molar-refractivity contribution is 5.92. The summed E-state index contributed by atoms with van der Waals surface area (Å²) in [5, 5.41) is 26.1. The van der Waals surface area contributed by atoms with E-state index in [-0.39, 0.29) is 30.6 Å². The molecule has 10 nitrogen and oxygen atoms in total. The van der Waals surface area contributed by atoms with E-state index in [1.807, 2.05) is 6.92 Å². The number of rotatable bonds is 12. The highest BCUT2D eigenvalue weighted by atomic mass is 16.4. The Balaban J connectivity index is 2.66. The summed E-state index contributed by atoms with van der Waals surface area (Å²) in [6.45, 7) is 6.58. The Bertz CT molecular complexity index is 796. The Morgan fingerprint density at radius 2 is 1.56 bits per heavy atom. The molecule has 0 saturated heterocycles. The average Bonchev–Trinajstić information content (AvgIpc) is 2.74. The minimum atomic E-state index is -1.16. The second-order valence-electron chi connectivity index (χ2n) is 8.19. The summed E-state index contributed by atoms with van der Waals surface area (Å²) in [5.74, 6) is -3.37. The van der Waals surface area contributed by atoms with Gasteiger partial charge >= 0.3 is 5.97 Å². The second kappa shape index (κ2) is 12.7. The van der Waals surface area contributed by atoms with Gasteiger partial charge in [0, 0.05) is 0 Å². The maximum absolute atomic E-state index is 12.7. The van der Waals surface area contributed by atoms with Gasteiger partial charge in [-0.3, -0.25) is 14.4 Å². The van der Waals surface area contributed by atoms with Crippen molar-refractivity contribution in [3.63, 3.8) is 0 Å². The van der Waals surface area contributed by atoms with Gasteiger partial charge in [0.2, 0.25) is 17.7 Å². The molecule has 1 aromatic rings. The van der Waals surface area contributed by atoms with Crippen molar-refractivity contribution in [3.05, 3.63) is 29.8 Å². The molecular formula is C22H34N4O6. The minimum Gasteiger partial charge on any atom is -0.508 e. The third-order valence-electron chi connectivity index (χ3n) is 5.19. The molecule has 178 valence electrons. The number of carbonyl (C=O) groups excluding carboxylic acids is 3. The molecule has 0 aliphatic rings. The number of benzene rings is 1. The predicted molar refractivity (Wildman–Crippen MR) is 119 cm³/mol. The molecule has 4 unspecified atom stereocenters. The number of nitrogens with one attached hydrogen (secondary N) is 3. The largest absolute Gasteiger partial charge is 0.508 e. The number of carbonyl (C=O) groups is 4. The molecule has 10 heteroatoms. The maximum atomic E-state index is 12.7. The van der Waals surface area contributed by atoms with E-state index in [9.17, 15) is 29.4 Å². The summed E-state index contributed by atoms with van der Waals surface area (Å²) >= 11 is 0. The van der Waals surface area contributed by atoms with Crippen LogP contribution in [0.5, 0.6) is 5.75 Å². The molecule has 0 saturated carbocycles. The van der Waals surface area contributed by atoms with Crippen molar-refractivity contribution < 1.29 is 29.4 Å². The lowest BCUT2D eigenvalue weighted by Gasteiger charge is -2.26. The van der Waals surface area contributed by atoms with Crippen LogP contribution in [0.1, 0.15) is 39.7 Å². The van der Waals surface area contributed by atoms with E-state index >= 15 is 0 Å². The zero-order valence-electron chi connectivity index (χ0n) is 18.9. The standard InChI is InChI=1S/C22H34N4O6/c1-5-13(4)19(21(30)26-18(12(2)3)22(31)32)25-17(28)11-24-20(29)16(23)10-14-6-8-15(27)9-7-14/h6-9,12-13,16,18-19,27H,5,10-11,23H2,1-4H3,(H,24,29)(H,25,28)(H,26,30)(H,31,32). The summed E-state index contributed by atoms with van der Waals surface area (Å²) in [4.78, 5) is 48.6. The summed E-state index contributed by atoms with van der Waals surface area (Å²) in [7, 11) is 0. The lowest BCUT2D eigenvalue weighted by atomic mass is 9.96. The van der Waals surface area contributed by atoms with Crippen LogP contribution in [0.25, 0.3) is 0 Å². The Hall–Kier alpha value is -3.14. The quantitative estimate of drug-likeness (QED) is 0.263. The van der Waals surface area contributed by atoms with Crippen molar-refractivity contribution in [3.8, 4) is 5.75 Å². The van der Waals surface area contributed by atoms with Gasteiger partial charge in [-0.1, -0.05) is 46.2 Å². The molecule has 1 rings (SSSR count). The zero-order chi connectivity index (χ0) is 24.4. The Kier molecular flexibility index (Phi) is 10.6. The van der Waals surface area contributed by atoms with Gasteiger partial charge < -0.3 is 31.9 Å². The normalized spacial score (nSPS) is 14.7. The number of phenols is 1. The van der Waals surface area contributed by atoms with Crippen LogP contribution in [0.4, 0.5) is 0 Å². The first-order valence-electron chi connectivity index (χ1n) is 10.6. The van der Waals surface area contributed by atoms with Crippen LogP contribution >= 0.6 is 0 Å². The van der Waals surface area contributed by atoms with Gasteiger partial charge in [0.25, 0.3) is 0 Å². The van der Waals surface area contributed by atoms with Crippen molar-refractivity contribution in [1.82, 2.24) is 16.0 Å². The van der Waals surface area contributed by atoms with Crippen LogP contribution in [0.2, 0.25) is 0 Å². The second-order valence-corrected chi connectivity index (χ2v) is 8.19. The van der Waals surface area contributed by atoms with E-state index in [0.29, 0.717) is 6.42 Å². The molecule has 32 heavy (non-hydrogen) atoms. The van der Waals surface area contributed by atoms with Crippen LogP contribution in [0.3, 0.4) is 0 Å². The Morgan fingerprint density at radius 1 is 0.969 bits per heavy atom. The van der Waals surface area contributed by atoms with Crippen molar-refractivity contribution >= 4 is 23.7 Å². The van der Waals surface area contributed by atoms with Gasteiger partial charge in [-0.15, -0.1) is 0 Å². The van der Waals surface area contributed by atoms with Crippen LogP contribution in [-0.4, -0.2) is 58.6 Å². The number of carboxylic acid groups (broad SMARTS) is 1. The number of hydrogen-bond donors (Lipinski definition) is 6. The number of nitrogens with two attached hydrogens (primary N) is 1.